The van der Waals surface area contributed by atoms with E-state index in [0.29, 0.717) is 31.2 Å². The van der Waals surface area contributed by atoms with Gasteiger partial charge in [-0.2, -0.15) is 4.98 Å². The van der Waals surface area contributed by atoms with Gasteiger partial charge in [-0.25, -0.2) is 0 Å². The molecule has 0 aliphatic carbocycles. The second-order valence-corrected chi connectivity index (χ2v) is 7.22. The highest BCUT2D eigenvalue weighted by Crippen LogP contribution is 2.27. The van der Waals surface area contributed by atoms with Gasteiger partial charge < -0.3 is 9.84 Å². The van der Waals surface area contributed by atoms with Crippen molar-refractivity contribution < 1.29 is 9.32 Å². The third-order valence-corrected chi connectivity index (χ3v) is 4.18. The molecule has 0 saturated carbocycles. The molecule has 6 nitrogen and oxygen atoms in total. The highest BCUT2D eigenvalue weighted by atomic mass is 16.5. The summed E-state index contributed by atoms with van der Waals surface area (Å²) in [6.07, 6.45) is 0.438. The van der Waals surface area contributed by atoms with Gasteiger partial charge in [0.2, 0.25) is 11.8 Å². The third kappa shape index (κ3) is 3.82. The normalized spacial score (nSPS) is 19.8. The molecule has 1 aliphatic heterocycles. The average molecular weight is 328 g/mol. The molecule has 2 aromatic rings. The van der Waals surface area contributed by atoms with Crippen LogP contribution in [0.2, 0.25) is 0 Å². The summed E-state index contributed by atoms with van der Waals surface area (Å²) in [5.41, 5.74) is 0.967. The predicted molar refractivity (Wildman–Crippen MR) is 90.2 cm³/mol. The molecular weight excluding hydrogens is 304 g/mol. The number of hydrogen-bond donors (Lipinski definition) is 1. The van der Waals surface area contributed by atoms with Gasteiger partial charge in [-0.15, -0.1) is 0 Å². The maximum Gasteiger partial charge on any atom is 0.232 e. The summed E-state index contributed by atoms with van der Waals surface area (Å²) >= 11 is 0. The number of amides is 1. The first-order valence-electron chi connectivity index (χ1n) is 8.32. The second-order valence-electron chi connectivity index (χ2n) is 7.22. The Labute approximate surface area is 142 Å². The van der Waals surface area contributed by atoms with Crippen molar-refractivity contribution in [1.82, 2.24) is 20.4 Å². The maximum absolute atomic E-state index is 12.0. The molecule has 1 fully saturated rings. The predicted octanol–water partition coefficient (Wildman–Crippen LogP) is 2.43. The molecule has 24 heavy (non-hydrogen) atoms. The van der Waals surface area contributed by atoms with Crippen molar-refractivity contribution in [3.63, 3.8) is 0 Å². The molecule has 1 atom stereocenters. The fraction of sp³-hybridized carbons (Fsp3) is 0.500. The summed E-state index contributed by atoms with van der Waals surface area (Å²) in [6.45, 7) is 8.09. The molecule has 0 spiro atoms. The average Bonchev–Trinajstić information content (AvgIpc) is 2.94. The van der Waals surface area contributed by atoms with Crippen molar-refractivity contribution in [2.24, 2.45) is 0 Å². The van der Waals surface area contributed by atoms with Gasteiger partial charge >= 0.3 is 0 Å². The van der Waals surface area contributed by atoms with E-state index in [0.717, 1.165) is 12.1 Å². The molecule has 1 amide bonds. The summed E-state index contributed by atoms with van der Waals surface area (Å²) in [4.78, 5) is 18.8. The zero-order valence-electron chi connectivity index (χ0n) is 14.5. The fourth-order valence-electron chi connectivity index (χ4n) is 2.87. The van der Waals surface area contributed by atoms with Crippen LogP contribution in [0.1, 0.15) is 50.5 Å². The van der Waals surface area contributed by atoms with E-state index in [9.17, 15) is 4.79 Å². The monoisotopic (exact) mass is 328 g/mol. The zero-order valence-corrected chi connectivity index (χ0v) is 14.5. The van der Waals surface area contributed by atoms with Gasteiger partial charge in [0, 0.05) is 31.0 Å². The Morgan fingerprint density at radius 2 is 2.04 bits per heavy atom. The molecule has 1 aromatic carbocycles. The van der Waals surface area contributed by atoms with E-state index >= 15 is 0 Å². The first-order chi connectivity index (χ1) is 11.4. The lowest BCUT2D eigenvalue weighted by molar-refractivity contribution is -0.121. The lowest BCUT2D eigenvalue weighted by Gasteiger charge is -2.28. The van der Waals surface area contributed by atoms with Gasteiger partial charge in [0.25, 0.3) is 0 Å². The zero-order chi connectivity index (χ0) is 17.2. The highest BCUT2D eigenvalue weighted by molar-refractivity contribution is 5.77. The standard InChI is InChI=1S/C18H24N4O2/c1-18(2,3)17-20-15(21-24-17)12-22-10-9-19-16(23)11-14(22)13-7-5-4-6-8-13/h4-8,14H,9-12H2,1-3H3,(H,19,23)/t14-/m1/s1. The number of carbonyl (C=O) groups is 1. The molecule has 0 unspecified atom stereocenters. The Kier molecular flexibility index (Phi) is 4.66. The van der Waals surface area contributed by atoms with E-state index in [1.165, 1.54) is 0 Å². The van der Waals surface area contributed by atoms with Crippen molar-refractivity contribution >= 4 is 5.91 Å². The van der Waals surface area contributed by atoms with Gasteiger partial charge in [-0.05, 0) is 5.56 Å². The van der Waals surface area contributed by atoms with Crippen LogP contribution in [0.25, 0.3) is 0 Å². The van der Waals surface area contributed by atoms with Crippen LogP contribution in [0.5, 0.6) is 0 Å². The first kappa shape index (κ1) is 16.6. The Morgan fingerprint density at radius 3 is 2.71 bits per heavy atom. The summed E-state index contributed by atoms with van der Waals surface area (Å²) in [5.74, 6) is 1.38. The van der Waals surface area contributed by atoms with Gasteiger partial charge in [0.05, 0.1) is 6.54 Å². The summed E-state index contributed by atoms with van der Waals surface area (Å²) in [7, 11) is 0. The highest BCUT2D eigenvalue weighted by Gasteiger charge is 2.28. The number of nitrogens with one attached hydrogen (secondary N) is 1. The summed E-state index contributed by atoms with van der Waals surface area (Å²) in [6, 6.07) is 10.1. The second kappa shape index (κ2) is 6.73. The number of benzene rings is 1. The smallest absolute Gasteiger partial charge is 0.232 e. The maximum atomic E-state index is 12.0. The van der Waals surface area contributed by atoms with E-state index in [-0.39, 0.29) is 17.4 Å². The van der Waals surface area contributed by atoms with E-state index < -0.39 is 0 Å². The Balaban J connectivity index is 1.83. The van der Waals surface area contributed by atoms with Crippen LogP contribution in [0.3, 0.4) is 0 Å². The Morgan fingerprint density at radius 1 is 1.29 bits per heavy atom. The van der Waals surface area contributed by atoms with Crippen LogP contribution in [0, 0.1) is 0 Å². The van der Waals surface area contributed by atoms with Crippen LogP contribution in [-0.2, 0) is 16.8 Å². The molecule has 1 aromatic heterocycles. The fourth-order valence-corrected chi connectivity index (χ4v) is 2.87. The van der Waals surface area contributed by atoms with E-state index in [2.05, 4.69) is 32.5 Å². The molecule has 1 N–H and O–H groups in total. The number of aromatic nitrogens is 2. The molecule has 3 rings (SSSR count). The van der Waals surface area contributed by atoms with Gasteiger partial charge in [0.1, 0.15) is 0 Å². The Bertz CT molecular complexity index is 691. The minimum Gasteiger partial charge on any atom is -0.355 e. The third-order valence-electron chi connectivity index (χ3n) is 4.18. The molecule has 128 valence electrons. The van der Waals surface area contributed by atoms with Crippen LogP contribution in [0.4, 0.5) is 0 Å². The minimum absolute atomic E-state index is 0.0188. The molecule has 1 saturated heterocycles. The Hall–Kier alpha value is -2.21. The van der Waals surface area contributed by atoms with Crippen LogP contribution < -0.4 is 5.32 Å². The number of hydrogen-bond acceptors (Lipinski definition) is 5. The lowest BCUT2D eigenvalue weighted by Crippen LogP contribution is -2.31. The van der Waals surface area contributed by atoms with E-state index in [1.807, 2.05) is 39.0 Å². The number of rotatable bonds is 3. The van der Waals surface area contributed by atoms with Gasteiger partial charge in [-0.3, -0.25) is 9.69 Å². The van der Waals surface area contributed by atoms with Crippen molar-refractivity contribution in [2.75, 3.05) is 13.1 Å². The molecule has 6 heteroatoms. The van der Waals surface area contributed by atoms with Crippen LogP contribution >= 0.6 is 0 Å². The largest absolute Gasteiger partial charge is 0.355 e. The summed E-state index contributed by atoms with van der Waals surface area (Å²) in [5, 5.41) is 7.07. The molecule has 0 radical (unpaired) electrons. The SMILES string of the molecule is CC(C)(C)c1nc(CN2CCNC(=O)C[C@@H]2c2ccccc2)no1. The van der Waals surface area contributed by atoms with Crippen molar-refractivity contribution in [2.45, 2.75) is 45.2 Å². The molecule has 2 heterocycles. The van der Waals surface area contributed by atoms with Crippen molar-refractivity contribution in [3.8, 4) is 0 Å². The number of nitrogens with zero attached hydrogens (tertiary/aromatic N) is 3. The molecular formula is C18H24N4O2. The van der Waals surface area contributed by atoms with E-state index in [1.54, 1.807) is 0 Å². The van der Waals surface area contributed by atoms with Gasteiger partial charge in [-0.1, -0.05) is 56.3 Å². The van der Waals surface area contributed by atoms with Crippen molar-refractivity contribution in [3.05, 3.63) is 47.6 Å². The minimum atomic E-state index is -0.166. The summed E-state index contributed by atoms with van der Waals surface area (Å²) < 4.78 is 5.39. The lowest BCUT2D eigenvalue weighted by atomic mass is 9.97. The van der Waals surface area contributed by atoms with Crippen LogP contribution in [-0.4, -0.2) is 34.0 Å². The van der Waals surface area contributed by atoms with Crippen LogP contribution in [0.15, 0.2) is 34.9 Å². The molecule has 1 aliphatic rings. The van der Waals surface area contributed by atoms with Crippen molar-refractivity contribution in [1.29, 1.82) is 0 Å². The topological polar surface area (TPSA) is 71.3 Å². The molecule has 0 bridgehead atoms. The van der Waals surface area contributed by atoms with Gasteiger partial charge in [0.15, 0.2) is 5.82 Å². The quantitative estimate of drug-likeness (QED) is 0.937. The van der Waals surface area contributed by atoms with E-state index in [4.69, 9.17) is 4.52 Å². The first-order valence-corrected chi connectivity index (χ1v) is 8.32. The number of carbonyl (C=O) groups excluding carboxylic acids is 1.